The third kappa shape index (κ3) is 1.57. The van der Waals surface area contributed by atoms with Crippen molar-refractivity contribution in [1.82, 2.24) is 0 Å². The number of rotatable bonds is 2. The van der Waals surface area contributed by atoms with Crippen LogP contribution >= 0.6 is 22.9 Å². The van der Waals surface area contributed by atoms with Crippen LogP contribution in [0.5, 0.6) is 5.75 Å². The second-order valence-electron chi connectivity index (χ2n) is 2.79. The van der Waals surface area contributed by atoms with Gasteiger partial charge in [-0.2, -0.15) is 0 Å². The van der Waals surface area contributed by atoms with Crippen molar-refractivity contribution >= 4 is 33.0 Å². The summed E-state index contributed by atoms with van der Waals surface area (Å²) in [7, 11) is 0. The quantitative estimate of drug-likeness (QED) is 0.755. The van der Waals surface area contributed by atoms with Crippen LogP contribution < -0.4 is 4.74 Å². The first-order valence-electron chi connectivity index (χ1n) is 4.21. The van der Waals surface area contributed by atoms with E-state index < -0.39 is 0 Å². The Morgan fingerprint density at radius 3 is 3.00 bits per heavy atom. The summed E-state index contributed by atoms with van der Waals surface area (Å²) in [5.74, 6) is 0.230. The molecule has 1 aromatic heterocycles. The smallest absolute Gasteiger partial charge is 0.137 e. The lowest BCUT2D eigenvalue weighted by molar-refractivity contribution is 0.339. The van der Waals surface area contributed by atoms with Crippen LogP contribution in [0, 0.1) is 5.82 Å². The maximum atomic E-state index is 13.5. The third-order valence-corrected chi connectivity index (χ3v) is 3.22. The Kier molecular flexibility index (Phi) is 2.61. The molecule has 0 aliphatic rings. The molecule has 1 heterocycles. The Morgan fingerprint density at radius 2 is 2.29 bits per heavy atom. The van der Waals surface area contributed by atoms with E-state index in [1.165, 1.54) is 17.4 Å². The predicted octanol–water partition coefficient (Wildman–Crippen LogP) is 4.09. The summed E-state index contributed by atoms with van der Waals surface area (Å²) in [6.07, 6.45) is 0. The molecule has 14 heavy (non-hydrogen) atoms. The molecule has 4 heteroatoms. The van der Waals surface area contributed by atoms with Crippen LogP contribution in [-0.2, 0) is 0 Å². The number of hydrogen-bond acceptors (Lipinski definition) is 2. The summed E-state index contributed by atoms with van der Waals surface area (Å²) >= 11 is 7.25. The fourth-order valence-corrected chi connectivity index (χ4v) is 2.55. The largest absolute Gasteiger partial charge is 0.494 e. The second-order valence-corrected chi connectivity index (χ2v) is 4.11. The molecule has 0 spiro atoms. The van der Waals surface area contributed by atoms with E-state index in [-0.39, 0.29) is 5.82 Å². The lowest BCUT2D eigenvalue weighted by Crippen LogP contribution is -1.91. The van der Waals surface area contributed by atoms with Gasteiger partial charge in [-0.3, -0.25) is 0 Å². The van der Waals surface area contributed by atoms with Gasteiger partial charge in [0.2, 0.25) is 0 Å². The van der Waals surface area contributed by atoms with Crippen LogP contribution in [-0.4, -0.2) is 6.61 Å². The lowest BCUT2D eigenvalue weighted by Gasteiger charge is -2.03. The summed E-state index contributed by atoms with van der Waals surface area (Å²) in [6.45, 7) is 2.40. The molecule has 0 N–H and O–H groups in total. The molecular weight excluding hydrogens is 223 g/mol. The fraction of sp³-hybridized carbons (Fsp3) is 0.200. The van der Waals surface area contributed by atoms with Gasteiger partial charge in [0.1, 0.15) is 11.6 Å². The first-order chi connectivity index (χ1) is 6.72. The second kappa shape index (κ2) is 3.75. The standard InChI is InChI=1S/C10H8ClFOS/c1-2-13-6-3-8(12)10-7(11)5-14-9(10)4-6/h3-5H,2H2,1H3. The van der Waals surface area contributed by atoms with Crippen molar-refractivity contribution in [3.8, 4) is 5.75 Å². The van der Waals surface area contributed by atoms with E-state index in [1.807, 2.05) is 6.92 Å². The number of halogens is 2. The van der Waals surface area contributed by atoms with Crippen molar-refractivity contribution in [3.63, 3.8) is 0 Å². The Hall–Kier alpha value is -0.800. The number of fused-ring (bicyclic) bond motifs is 1. The molecule has 1 aromatic carbocycles. The normalized spacial score (nSPS) is 10.8. The Balaban J connectivity index is 2.62. The molecule has 0 amide bonds. The number of thiophene rings is 1. The van der Waals surface area contributed by atoms with Gasteiger partial charge in [0.15, 0.2) is 0 Å². The molecule has 2 rings (SSSR count). The van der Waals surface area contributed by atoms with Crippen LogP contribution in [0.2, 0.25) is 5.02 Å². The molecule has 0 saturated carbocycles. The molecule has 0 fully saturated rings. The van der Waals surface area contributed by atoms with Crippen LogP contribution in [0.3, 0.4) is 0 Å². The first-order valence-corrected chi connectivity index (χ1v) is 5.47. The lowest BCUT2D eigenvalue weighted by atomic mass is 10.2. The Morgan fingerprint density at radius 1 is 1.50 bits per heavy atom. The Bertz CT molecular complexity index is 466. The molecule has 0 unspecified atom stereocenters. The van der Waals surface area contributed by atoms with Gasteiger partial charge in [-0.15, -0.1) is 11.3 Å². The molecule has 0 aliphatic carbocycles. The van der Waals surface area contributed by atoms with Gasteiger partial charge in [-0.25, -0.2) is 4.39 Å². The molecule has 0 saturated heterocycles. The minimum Gasteiger partial charge on any atom is -0.494 e. The average molecular weight is 231 g/mol. The monoisotopic (exact) mass is 230 g/mol. The first kappa shape index (κ1) is 9.74. The predicted molar refractivity (Wildman–Crippen MR) is 58.0 cm³/mol. The number of benzene rings is 1. The van der Waals surface area contributed by atoms with Crippen LogP contribution in [0.4, 0.5) is 4.39 Å². The van der Waals surface area contributed by atoms with Gasteiger partial charge in [0.05, 0.1) is 11.6 Å². The van der Waals surface area contributed by atoms with Crippen molar-refractivity contribution in [1.29, 1.82) is 0 Å². The van der Waals surface area contributed by atoms with Crippen LogP contribution in [0.15, 0.2) is 17.5 Å². The van der Waals surface area contributed by atoms with Gasteiger partial charge < -0.3 is 4.74 Å². The zero-order valence-electron chi connectivity index (χ0n) is 7.51. The molecule has 74 valence electrons. The molecule has 0 atom stereocenters. The van der Waals surface area contributed by atoms with E-state index in [0.717, 1.165) is 4.70 Å². The highest BCUT2D eigenvalue weighted by atomic mass is 35.5. The summed E-state index contributed by atoms with van der Waals surface area (Å²) in [4.78, 5) is 0. The van der Waals surface area contributed by atoms with Gasteiger partial charge in [-0.05, 0) is 13.0 Å². The minimum absolute atomic E-state index is 0.322. The zero-order valence-corrected chi connectivity index (χ0v) is 9.08. The molecular formula is C10H8ClFOS. The van der Waals surface area contributed by atoms with E-state index in [2.05, 4.69) is 0 Å². The van der Waals surface area contributed by atoms with Crippen molar-refractivity contribution in [2.24, 2.45) is 0 Å². The maximum absolute atomic E-state index is 13.5. The summed E-state index contributed by atoms with van der Waals surface area (Å²) in [5.41, 5.74) is 0. The van der Waals surface area contributed by atoms with Crippen molar-refractivity contribution < 1.29 is 9.13 Å². The molecule has 0 aliphatic heterocycles. The zero-order chi connectivity index (χ0) is 10.1. The highest BCUT2D eigenvalue weighted by Crippen LogP contribution is 2.34. The maximum Gasteiger partial charge on any atom is 0.137 e. The van der Waals surface area contributed by atoms with Crippen molar-refractivity contribution in [2.75, 3.05) is 6.61 Å². The topological polar surface area (TPSA) is 9.23 Å². The van der Waals surface area contributed by atoms with Gasteiger partial charge in [-0.1, -0.05) is 11.6 Å². The third-order valence-electron chi connectivity index (χ3n) is 1.87. The highest BCUT2D eigenvalue weighted by molar-refractivity contribution is 7.17. The molecule has 0 bridgehead atoms. The van der Waals surface area contributed by atoms with Gasteiger partial charge in [0.25, 0.3) is 0 Å². The average Bonchev–Trinajstić information content (AvgIpc) is 2.48. The van der Waals surface area contributed by atoms with Crippen molar-refractivity contribution in [2.45, 2.75) is 6.92 Å². The van der Waals surface area contributed by atoms with Gasteiger partial charge >= 0.3 is 0 Å². The highest BCUT2D eigenvalue weighted by Gasteiger charge is 2.09. The van der Waals surface area contributed by atoms with Gasteiger partial charge in [0, 0.05) is 21.5 Å². The summed E-state index contributed by atoms with van der Waals surface area (Å²) in [5, 5.41) is 2.68. The summed E-state index contributed by atoms with van der Waals surface area (Å²) in [6, 6.07) is 3.17. The van der Waals surface area contributed by atoms with Crippen LogP contribution in [0.25, 0.3) is 10.1 Å². The van der Waals surface area contributed by atoms with E-state index in [9.17, 15) is 4.39 Å². The SMILES string of the molecule is CCOc1cc(F)c2c(Cl)csc2c1. The fourth-order valence-electron chi connectivity index (χ4n) is 1.31. The summed E-state index contributed by atoms with van der Waals surface area (Å²) < 4.78 is 19.6. The van der Waals surface area contributed by atoms with E-state index >= 15 is 0 Å². The molecule has 1 nitrogen and oxygen atoms in total. The van der Waals surface area contributed by atoms with E-state index in [1.54, 1.807) is 11.4 Å². The Labute approximate surface area is 90.1 Å². The number of ether oxygens (including phenoxy) is 1. The van der Waals surface area contributed by atoms with E-state index in [0.29, 0.717) is 22.8 Å². The van der Waals surface area contributed by atoms with Crippen molar-refractivity contribution in [3.05, 3.63) is 28.4 Å². The molecule has 2 aromatic rings. The minimum atomic E-state index is -0.322. The molecule has 0 radical (unpaired) electrons. The van der Waals surface area contributed by atoms with E-state index in [4.69, 9.17) is 16.3 Å². The van der Waals surface area contributed by atoms with Crippen LogP contribution in [0.1, 0.15) is 6.92 Å². The number of hydrogen-bond donors (Lipinski definition) is 0.